The molecule has 0 radical (unpaired) electrons. The number of rotatable bonds is 3. The molecule has 1 unspecified atom stereocenters. The first-order valence-corrected chi connectivity index (χ1v) is 4.32. The van der Waals surface area contributed by atoms with E-state index in [1.165, 1.54) is 5.57 Å². The summed E-state index contributed by atoms with van der Waals surface area (Å²) in [6.45, 7) is 3.66. The standard InChI is InChI=1S/C10H16O/c1-2-3-6-9-7-4-5-8-10(9)11/h2,7,10-11H,1,3-6,8H2. The van der Waals surface area contributed by atoms with Gasteiger partial charge in [-0.05, 0) is 37.7 Å². The van der Waals surface area contributed by atoms with Crippen LogP contribution in [0.4, 0.5) is 0 Å². The molecule has 1 N–H and O–H groups in total. The van der Waals surface area contributed by atoms with Crippen LogP contribution in [0.2, 0.25) is 0 Å². The lowest BCUT2D eigenvalue weighted by molar-refractivity contribution is 0.187. The van der Waals surface area contributed by atoms with Crippen molar-refractivity contribution in [1.29, 1.82) is 0 Å². The second-order valence-corrected chi connectivity index (χ2v) is 3.05. The molecule has 0 aromatic rings. The molecule has 0 aliphatic heterocycles. The largest absolute Gasteiger partial charge is 0.389 e. The van der Waals surface area contributed by atoms with Crippen LogP contribution in [-0.4, -0.2) is 11.2 Å². The summed E-state index contributed by atoms with van der Waals surface area (Å²) in [5.74, 6) is 0. The minimum atomic E-state index is -0.163. The van der Waals surface area contributed by atoms with Gasteiger partial charge in [0.2, 0.25) is 0 Å². The van der Waals surface area contributed by atoms with Gasteiger partial charge >= 0.3 is 0 Å². The predicted molar refractivity (Wildman–Crippen MR) is 47.4 cm³/mol. The highest BCUT2D eigenvalue weighted by atomic mass is 16.3. The van der Waals surface area contributed by atoms with Gasteiger partial charge in [0.1, 0.15) is 0 Å². The van der Waals surface area contributed by atoms with Gasteiger partial charge in [0, 0.05) is 0 Å². The summed E-state index contributed by atoms with van der Waals surface area (Å²) in [6, 6.07) is 0. The van der Waals surface area contributed by atoms with Crippen molar-refractivity contribution in [2.45, 2.75) is 38.2 Å². The molecule has 11 heavy (non-hydrogen) atoms. The van der Waals surface area contributed by atoms with Crippen LogP contribution in [0.15, 0.2) is 24.3 Å². The lowest BCUT2D eigenvalue weighted by Gasteiger charge is -2.18. The van der Waals surface area contributed by atoms with E-state index in [0.717, 1.165) is 32.1 Å². The van der Waals surface area contributed by atoms with Crippen molar-refractivity contribution in [3.8, 4) is 0 Å². The Morgan fingerprint density at radius 3 is 3.18 bits per heavy atom. The van der Waals surface area contributed by atoms with E-state index in [2.05, 4.69) is 12.7 Å². The fourth-order valence-corrected chi connectivity index (χ4v) is 1.46. The average molecular weight is 152 g/mol. The molecule has 0 bridgehead atoms. The first kappa shape index (κ1) is 8.54. The topological polar surface area (TPSA) is 20.2 Å². The van der Waals surface area contributed by atoms with Gasteiger partial charge in [-0.1, -0.05) is 12.2 Å². The first-order chi connectivity index (χ1) is 5.34. The van der Waals surface area contributed by atoms with E-state index in [-0.39, 0.29) is 6.10 Å². The molecule has 0 heterocycles. The molecule has 0 aromatic heterocycles. The number of hydrogen-bond donors (Lipinski definition) is 1. The van der Waals surface area contributed by atoms with Gasteiger partial charge in [-0.2, -0.15) is 0 Å². The first-order valence-electron chi connectivity index (χ1n) is 4.32. The Morgan fingerprint density at radius 2 is 2.55 bits per heavy atom. The minimum Gasteiger partial charge on any atom is -0.389 e. The van der Waals surface area contributed by atoms with Crippen molar-refractivity contribution in [2.24, 2.45) is 0 Å². The molecule has 0 spiro atoms. The van der Waals surface area contributed by atoms with E-state index in [1.807, 2.05) is 6.08 Å². The molecule has 1 nitrogen and oxygen atoms in total. The van der Waals surface area contributed by atoms with Crippen molar-refractivity contribution >= 4 is 0 Å². The number of aliphatic hydroxyl groups is 1. The maximum Gasteiger partial charge on any atom is 0.0750 e. The zero-order valence-corrected chi connectivity index (χ0v) is 6.92. The van der Waals surface area contributed by atoms with Crippen LogP contribution < -0.4 is 0 Å². The van der Waals surface area contributed by atoms with Crippen LogP contribution in [-0.2, 0) is 0 Å². The van der Waals surface area contributed by atoms with Crippen LogP contribution in [0, 0.1) is 0 Å². The van der Waals surface area contributed by atoms with E-state index in [9.17, 15) is 5.11 Å². The second-order valence-electron chi connectivity index (χ2n) is 3.05. The molecule has 1 aliphatic carbocycles. The Labute approximate surface area is 68.4 Å². The highest BCUT2D eigenvalue weighted by Crippen LogP contribution is 2.21. The van der Waals surface area contributed by atoms with Gasteiger partial charge in [0.05, 0.1) is 6.10 Å². The summed E-state index contributed by atoms with van der Waals surface area (Å²) < 4.78 is 0. The third-order valence-electron chi connectivity index (χ3n) is 2.15. The number of aliphatic hydroxyl groups excluding tert-OH is 1. The molecule has 62 valence electrons. The Hall–Kier alpha value is -0.560. The summed E-state index contributed by atoms with van der Waals surface area (Å²) in [4.78, 5) is 0. The van der Waals surface area contributed by atoms with E-state index < -0.39 is 0 Å². The summed E-state index contributed by atoms with van der Waals surface area (Å²) in [6.07, 6.45) is 9.13. The number of allylic oxidation sites excluding steroid dienone is 2. The molecular weight excluding hydrogens is 136 g/mol. The lowest BCUT2D eigenvalue weighted by Crippen LogP contribution is -2.13. The van der Waals surface area contributed by atoms with Gasteiger partial charge in [0.25, 0.3) is 0 Å². The quantitative estimate of drug-likeness (QED) is 0.616. The number of hydrogen-bond acceptors (Lipinski definition) is 1. The summed E-state index contributed by atoms with van der Waals surface area (Å²) >= 11 is 0. The highest BCUT2D eigenvalue weighted by Gasteiger charge is 2.12. The van der Waals surface area contributed by atoms with Gasteiger partial charge in [-0.25, -0.2) is 0 Å². The van der Waals surface area contributed by atoms with Gasteiger partial charge in [0.15, 0.2) is 0 Å². The maximum atomic E-state index is 9.49. The van der Waals surface area contributed by atoms with E-state index in [0.29, 0.717) is 0 Å². The van der Waals surface area contributed by atoms with Gasteiger partial charge in [-0.3, -0.25) is 0 Å². The van der Waals surface area contributed by atoms with Crippen molar-refractivity contribution in [1.82, 2.24) is 0 Å². The molecule has 1 rings (SSSR count). The monoisotopic (exact) mass is 152 g/mol. The van der Waals surface area contributed by atoms with Crippen LogP contribution >= 0.6 is 0 Å². The Morgan fingerprint density at radius 1 is 1.73 bits per heavy atom. The molecule has 0 saturated carbocycles. The summed E-state index contributed by atoms with van der Waals surface area (Å²) in [5.41, 5.74) is 1.22. The third kappa shape index (κ3) is 2.51. The SMILES string of the molecule is C=CCCC1=CCCCC1O. The maximum absolute atomic E-state index is 9.49. The average Bonchev–Trinajstić information content (AvgIpc) is 2.03. The summed E-state index contributed by atoms with van der Waals surface area (Å²) in [7, 11) is 0. The molecule has 0 saturated heterocycles. The zero-order valence-electron chi connectivity index (χ0n) is 6.92. The predicted octanol–water partition coefficient (Wildman–Crippen LogP) is 2.42. The highest BCUT2D eigenvalue weighted by molar-refractivity contribution is 5.11. The Kier molecular flexibility index (Phi) is 3.37. The molecule has 0 fully saturated rings. The fraction of sp³-hybridized carbons (Fsp3) is 0.600. The van der Waals surface area contributed by atoms with E-state index >= 15 is 0 Å². The molecular formula is C10H16O. The normalized spacial score (nSPS) is 24.5. The third-order valence-corrected chi connectivity index (χ3v) is 2.15. The smallest absolute Gasteiger partial charge is 0.0750 e. The van der Waals surface area contributed by atoms with Crippen LogP contribution in [0.1, 0.15) is 32.1 Å². The van der Waals surface area contributed by atoms with Crippen LogP contribution in [0.5, 0.6) is 0 Å². The van der Waals surface area contributed by atoms with Crippen molar-refractivity contribution in [2.75, 3.05) is 0 Å². The fourth-order valence-electron chi connectivity index (χ4n) is 1.46. The van der Waals surface area contributed by atoms with E-state index in [1.54, 1.807) is 0 Å². The Balaban J connectivity index is 2.40. The molecule has 0 amide bonds. The van der Waals surface area contributed by atoms with Crippen LogP contribution in [0.25, 0.3) is 0 Å². The van der Waals surface area contributed by atoms with Crippen molar-refractivity contribution in [3.05, 3.63) is 24.3 Å². The zero-order chi connectivity index (χ0) is 8.10. The van der Waals surface area contributed by atoms with E-state index in [4.69, 9.17) is 0 Å². The van der Waals surface area contributed by atoms with Gasteiger partial charge < -0.3 is 5.11 Å². The Bertz CT molecular complexity index is 158. The molecule has 1 atom stereocenters. The summed E-state index contributed by atoms with van der Waals surface area (Å²) in [5, 5.41) is 9.49. The van der Waals surface area contributed by atoms with Crippen molar-refractivity contribution < 1.29 is 5.11 Å². The van der Waals surface area contributed by atoms with Crippen LogP contribution in [0.3, 0.4) is 0 Å². The molecule has 1 heteroatoms. The minimum absolute atomic E-state index is 0.163. The second kappa shape index (κ2) is 4.35. The lowest BCUT2D eigenvalue weighted by atomic mass is 9.93. The van der Waals surface area contributed by atoms with Crippen molar-refractivity contribution in [3.63, 3.8) is 0 Å². The van der Waals surface area contributed by atoms with Gasteiger partial charge in [-0.15, -0.1) is 6.58 Å². The molecule has 1 aliphatic rings. The molecule has 0 aromatic carbocycles.